The fourth-order valence-corrected chi connectivity index (χ4v) is 0. The van der Waals surface area contributed by atoms with Crippen LogP contribution in [0.3, 0.4) is 0 Å². The second-order valence-electron chi connectivity index (χ2n) is 3.16. The average Bonchev–Trinajstić information content (AvgIpc) is 1.87. The van der Waals surface area contributed by atoms with Crippen molar-refractivity contribution in [3.63, 3.8) is 0 Å². The molecule has 0 aromatic heterocycles. The van der Waals surface area contributed by atoms with E-state index >= 15 is 0 Å². The summed E-state index contributed by atoms with van der Waals surface area (Å²) in [6, 6.07) is 0. The molecule has 1 N–H and O–H groups in total. The van der Waals surface area contributed by atoms with Gasteiger partial charge < -0.3 is 5.11 Å². The number of hydrogen-bond donors (Lipinski definition) is 1. The van der Waals surface area contributed by atoms with Gasteiger partial charge in [0.05, 0.1) is 0 Å². The quantitative estimate of drug-likeness (QED) is 0.540. The van der Waals surface area contributed by atoms with Crippen molar-refractivity contribution in [1.29, 1.82) is 0 Å². The molecule has 0 aromatic rings. The van der Waals surface area contributed by atoms with Gasteiger partial charge in [0.15, 0.2) is 0 Å². The van der Waals surface area contributed by atoms with Crippen LogP contribution in [0, 0.1) is 0 Å². The van der Waals surface area contributed by atoms with E-state index in [9.17, 15) is 4.79 Å². The number of aliphatic carboxylic acids is 1. The molecule has 3 heteroatoms. The summed E-state index contributed by atoms with van der Waals surface area (Å²) < 4.78 is 0. The average molecular weight is 193 g/mol. The molecule has 0 bridgehead atoms. The van der Waals surface area contributed by atoms with Gasteiger partial charge in [0.25, 0.3) is 0 Å². The van der Waals surface area contributed by atoms with E-state index in [4.69, 9.17) is 16.7 Å². The Bertz CT molecular complexity index is 144. The van der Waals surface area contributed by atoms with Crippen molar-refractivity contribution in [3.8, 4) is 0 Å². The lowest BCUT2D eigenvalue weighted by atomic mass is 10.1. The van der Waals surface area contributed by atoms with Crippen molar-refractivity contribution in [2.75, 3.05) is 0 Å². The largest absolute Gasteiger partial charge is 0.478 e. The van der Waals surface area contributed by atoms with Crippen LogP contribution in [0.15, 0.2) is 12.2 Å². The molecule has 2 nitrogen and oxygen atoms in total. The molecule has 0 unspecified atom stereocenters. The highest BCUT2D eigenvalue weighted by Gasteiger charge is 2.06. The zero-order valence-electron chi connectivity index (χ0n) is 8.15. The van der Waals surface area contributed by atoms with Gasteiger partial charge in [-0.1, -0.05) is 13.5 Å². The van der Waals surface area contributed by atoms with Gasteiger partial charge in [0, 0.05) is 10.4 Å². The number of rotatable bonds is 2. The zero-order valence-corrected chi connectivity index (χ0v) is 8.90. The van der Waals surface area contributed by atoms with Crippen LogP contribution in [0.2, 0.25) is 0 Å². The molecule has 0 atom stereocenters. The molecule has 0 aliphatic heterocycles. The number of carboxylic acid groups (broad SMARTS) is 1. The third kappa shape index (κ3) is 16.2. The topological polar surface area (TPSA) is 37.3 Å². The molecule has 0 fully saturated rings. The molecule has 12 heavy (non-hydrogen) atoms. The minimum absolute atomic E-state index is 0.0139. The van der Waals surface area contributed by atoms with E-state index in [0.717, 1.165) is 6.42 Å². The first-order chi connectivity index (χ1) is 5.20. The molecular weight excluding hydrogens is 176 g/mol. The van der Waals surface area contributed by atoms with Gasteiger partial charge in [0.1, 0.15) is 0 Å². The van der Waals surface area contributed by atoms with E-state index in [1.807, 2.05) is 13.8 Å². The Morgan fingerprint density at radius 2 is 1.75 bits per heavy atom. The summed E-state index contributed by atoms with van der Waals surface area (Å²) in [5.41, 5.74) is 0.176. The van der Waals surface area contributed by atoms with Crippen LogP contribution in [0.25, 0.3) is 0 Å². The van der Waals surface area contributed by atoms with E-state index in [1.165, 1.54) is 6.92 Å². The van der Waals surface area contributed by atoms with Crippen LogP contribution < -0.4 is 0 Å². The molecule has 0 heterocycles. The first-order valence-corrected chi connectivity index (χ1v) is 4.16. The van der Waals surface area contributed by atoms with Crippen molar-refractivity contribution < 1.29 is 9.90 Å². The van der Waals surface area contributed by atoms with E-state index in [2.05, 4.69) is 13.5 Å². The van der Waals surface area contributed by atoms with E-state index in [-0.39, 0.29) is 10.4 Å². The third-order valence-corrected chi connectivity index (χ3v) is 1.47. The Morgan fingerprint density at radius 3 is 1.75 bits per heavy atom. The molecule has 0 rings (SSSR count). The lowest BCUT2D eigenvalue weighted by molar-refractivity contribution is -0.132. The van der Waals surface area contributed by atoms with E-state index in [1.54, 1.807) is 0 Å². The third-order valence-electron chi connectivity index (χ3n) is 1.21. The minimum atomic E-state index is -0.935. The number of carboxylic acids is 1. The molecule has 0 saturated carbocycles. The van der Waals surface area contributed by atoms with E-state index < -0.39 is 5.97 Å². The second kappa shape index (κ2) is 6.06. The summed E-state index contributed by atoms with van der Waals surface area (Å²) in [5.74, 6) is -0.935. The molecule has 0 spiro atoms. The minimum Gasteiger partial charge on any atom is -0.478 e. The predicted octanol–water partition coefficient (Wildman–Crippen LogP) is 3.06. The number of carbonyl (C=O) groups is 1. The fraction of sp³-hybridized carbons (Fsp3) is 0.667. The van der Waals surface area contributed by atoms with Gasteiger partial charge in [-0.15, -0.1) is 11.6 Å². The van der Waals surface area contributed by atoms with Gasteiger partial charge >= 0.3 is 5.97 Å². The highest BCUT2D eigenvalue weighted by Crippen LogP contribution is 2.15. The molecule has 0 saturated heterocycles. The Labute approximate surface area is 79.2 Å². The van der Waals surface area contributed by atoms with Crippen molar-refractivity contribution in [1.82, 2.24) is 0 Å². The summed E-state index contributed by atoms with van der Waals surface area (Å²) in [6.45, 7) is 10.7. The maximum atomic E-state index is 9.60. The molecular formula is C9H17ClO2. The summed E-state index contributed by atoms with van der Waals surface area (Å²) in [6.07, 6.45) is 1.04. The van der Waals surface area contributed by atoms with Crippen molar-refractivity contribution in [2.45, 2.75) is 39.0 Å². The van der Waals surface area contributed by atoms with Gasteiger partial charge in [-0.3, -0.25) is 0 Å². The highest BCUT2D eigenvalue weighted by molar-refractivity contribution is 6.23. The second-order valence-corrected chi connectivity index (χ2v) is 4.18. The van der Waals surface area contributed by atoms with Crippen LogP contribution in [-0.2, 0) is 4.79 Å². The Kier molecular flexibility index (Phi) is 7.10. The summed E-state index contributed by atoms with van der Waals surface area (Å²) >= 11 is 5.72. The van der Waals surface area contributed by atoms with Crippen LogP contribution in [0.5, 0.6) is 0 Å². The van der Waals surface area contributed by atoms with Gasteiger partial charge in [-0.05, 0) is 27.2 Å². The Balaban J connectivity index is 0. The number of hydrogen-bond acceptors (Lipinski definition) is 1. The number of alkyl halides is 1. The Hall–Kier alpha value is -0.500. The molecule has 0 aliphatic rings. The summed E-state index contributed by atoms with van der Waals surface area (Å²) in [5, 5.41) is 7.89. The first kappa shape index (κ1) is 14.0. The molecule has 0 radical (unpaired) electrons. The SMILES string of the molecule is C=C(C)C(=O)O.CCC(C)(C)Cl. The predicted molar refractivity (Wildman–Crippen MR) is 52.7 cm³/mol. The monoisotopic (exact) mass is 192 g/mol. The first-order valence-electron chi connectivity index (χ1n) is 3.78. The highest BCUT2D eigenvalue weighted by atomic mass is 35.5. The molecule has 0 aliphatic carbocycles. The normalized spacial score (nSPS) is 9.75. The van der Waals surface area contributed by atoms with Gasteiger partial charge in [-0.2, -0.15) is 0 Å². The number of halogens is 1. The van der Waals surface area contributed by atoms with Crippen molar-refractivity contribution >= 4 is 17.6 Å². The summed E-state index contributed by atoms with van der Waals surface area (Å²) in [4.78, 5) is 9.61. The van der Waals surface area contributed by atoms with Crippen molar-refractivity contribution in [3.05, 3.63) is 12.2 Å². The molecule has 72 valence electrons. The van der Waals surface area contributed by atoms with Gasteiger partial charge in [-0.25, -0.2) is 4.79 Å². The molecule has 0 aromatic carbocycles. The maximum Gasteiger partial charge on any atom is 0.330 e. The van der Waals surface area contributed by atoms with E-state index in [0.29, 0.717) is 0 Å². The smallest absolute Gasteiger partial charge is 0.330 e. The van der Waals surface area contributed by atoms with Crippen LogP contribution in [-0.4, -0.2) is 16.0 Å². The van der Waals surface area contributed by atoms with Crippen LogP contribution in [0.4, 0.5) is 0 Å². The van der Waals surface area contributed by atoms with Crippen molar-refractivity contribution in [2.24, 2.45) is 0 Å². The fourth-order valence-electron chi connectivity index (χ4n) is 0. The lowest BCUT2D eigenvalue weighted by Crippen LogP contribution is -2.05. The van der Waals surface area contributed by atoms with Crippen LogP contribution >= 0.6 is 11.6 Å². The zero-order chi connectivity index (χ0) is 10.4. The van der Waals surface area contributed by atoms with Crippen LogP contribution in [0.1, 0.15) is 34.1 Å². The maximum absolute atomic E-state index is 9.60. The summed E-state index contributed by atoms with van der Waals surface area (Å²) in [7, 11) is 0. The standard InChI is InChI=1S/C5H11Cl.C4H6O2/c1-4-5(2,3)6;1-3(2)4(5)6/h4H2,1-3H3;1H2,2H3,(H,5,6). The van der Waals surface area contributed by atoms with Gasteiger partial charge in [0.2, 0.25) is 0 Å². The Morgan fingerprint density at radius 1 is 1.58 bits per heavy atom. The lowest BCUT2D eigenvalue weighted by Gasteiger charge is -2.09. The molecule has 0 amide bonds.